The lowest BCUT2D eigenvalue weighted by Gasteiger charge is -2.36. The predicted molar refractivity (Wildman–Crippen MR) is 137 cm³/mol. The molecule has 202 valence electrons. The number of carbonyl (C=O) groups is 4. The van der Waals surface area contributed by atoms with Gasteiger partial charge in [0.15, 0.2) is 0 Å². The molecule has 10 heteroatoms. The number of primary amides is 1. The average Bonchev–Trinajstić information content (AvgIpc) is 2.69. The number of aryl methyl sites for hydroxylation is 1. The van der Waals surface area contributed by atoms with Gasteiger partial charge >= 0.3 is 6.09 Å². The number of unbranched alkanes of at least 4 members (excludes halogenated alkanes) is 1. The van der Waals surface area contributed by atoms with Crippen LogP contribution in [0.1, 0.15) is 84.9 Å². The number of phenolic OH excluding ortho intramolecular Hbond substituents is 1. The lowest BCUT2D eigenvalue weighted by molar-refractivity contribution is -0.144. The van der Waals surface area contributed by atoms with E-state index in [1.54, 1.807) is 66.7 Å². The van der Waals surface area contributed by atoms with Gasteiger partial charge in [0.25, 0.3) is 0 Å². The van der Waals surface area contributed by atoms with Gasteiger partial charge in [-0.15, -0.1) is 0 Å². The van der Waals surface area contributed by atoms with Gasteiger partial charge in [-0.2, -0.15) is 0 Å². The van der Waals surface area contributed by atoms with Gasteiger partial charge in [0.1, 0.15) is 23.4 Å². The van der Waals surface area contributed by atoms with E-state index in [1.807, 2.05) is 6.92 Å². The van der Waals surface area contributed by atoms with Crippen LogP contribution in [0, 0.1) is 6.92 Å². The molecule has 36 heavy (non-hydrogen) atoms. The average molecular weight is 507 g/mol. The quantitative estimate of drug-likeness (QED) is 0.383. The molecule has 1 aromatic carbocycles. The maximum atomic E-state index is 13.9. The maximum Gasteiger partial charge on any atom is 0.408 e. The Morgan fingerprint density at radius 2 is 1.72 bits per heavy atom. The van der Waals surface area contributed by atoms with Crippen LogP contribution in [0.5, 0.6) is 5.75 Å². The first kappa shape index (κ1) is 30.7. The molecule has 1 aromatic rings. The molecule has 0 aliphatic carbocycles. The molecule has 0 aliphatic heterocycles. The number of phenols is 1. The SMILES string of the molecule is CCCCN(C(=O)C(CC(N)=O)NC(=O)OC(C)(C)C)C(C(=O)NC(C)(C)C)c1cccc(C)c1O. The number of hydrogen-bond acceptors (Lipinski definition) is 6. The van der Waals surface area contributed by atoms with Crippen molar-refractivity contribution in [1.82, 2.24) is 15.5 Å². The second-order valence-electron chi connectivity index (χ2n) is 10.9. The molecule has 0 radical (unpaired) electrons. The maximum absolute atomic E-state index is 13.9. The number of para-hydroxylation sites is 1. The summed E-state index contributed by atoms with van der Waals surface area (Å²) in [4.78, 5) is 53.0. The van der Waals surface area contributed by atoms with Crippen molar-refractivity contribution < 1.29 is 29.0 Å². The summed E-state index contributed by atoms with van der Waals surface area (Å²) in [6.45, 7) is 14.2. The number of nitrogens with two attached hydrogens (primary N) is 1. The minimum Gasteiger partial charge on any atom is -0.507 e. The number of ether oxygens (including phenoxy) is 1. The van der Waals surface area contributed by atoms with Gasteiger partial charge in [0, 0.05) is 17.6 Å². The number of hydrogen-bond donors (Lipinski definition) is 4. The summed E-state index contributed by atoms with van der Waals surface area (Å²) >= 11 is 0. The minimum atomic E-state index is -1.37. The molecule has 0 aromatic heterocycles. The van der Waals surface area contributed by atoms with Gasteiger partial charge in [-0.25, -0.2) is 4.79 Å². The summed E-state index contributed by atoms with van der Waals surface area (Å²) in [5.74, 6) is -2.13. The Morgan fingerprint density at radius 1 is 1.11 bits per heavy atom. The Labute approximate surface area is 213 Å². The van der Waals surface area contributed by atoms with Gasteiger partial charge < -0.3 is 31.1 Å². The highest BCUT2D eigenvalue weighted by Gasteiger charge is 2.38. The topological polar surface area (TPSA) is 151 Å². The minimum absolute atomic E-state index is 0.118. The van der Waals surface area contributed by atoms with E-state index >= 15 is 0 Å². The van der Waals surface area contributed by atoms with Crippen molar-refractivity contribution in [2.75, 3.05) is 6.54 Å². The molecule has 0 fully saturated rings. The second-order valence-corrected chi connectivity index (χ2v) is 10.9. The van der Waals surface area contributed by atoms with Crippen molar-refractivity contribution in [3.8, 4) is 5.75 Å². The number of nitrogens with zero attached hydrogens (tertiary/aromatic N) is 1. The van der Waals surface area contributed by atoms with E-state index in [9.17, 15) is 24.3 Å². The summed E-state index contributed by atoms with van der Waals surface area (Å²) in [5, 5.41) is 16.2. The fourth-order valence-electron chi connectivity index (χ4n) is 3.54. The molecule has 0 spiro atoms. The largest absolute Gasteiger partial charge is 0.507 e. The lowest BCUT2D eigenvalue weighted by Crippen LogP contribution is -2.55. The number of alkyl carbamates (subject to hydrolysis) is 1. The highest BCUT2D eigenvalue weighted by molar-refractivity contribution is 5.95. The third kappa shape index (κ3) is 9.75. The number of nitrogens with one attached hydrogen (secondary N) is 2. The van der Waals surface area contributed by atoms with E-state index in [0.29, 0.717) is 18.4 Å². The van der Waals surface area contributed by atoms with Crippen molar-refractivity contribution >= 4 is 23.8 Å². The Kier molecular flexibility index (Phi) is 10.8. The van der Waals surface area contributed by atoms with E-state index in [1.165, 1.54) is 4.90 Å². The molecule has 1 rings (SSSR count). The standard InChI is InChI=1S/C26H42N4O6/c1-9-10-14-30(23(34)18(15-19(27)31)28-24(35)36-26(6,7)8)20(22(33)29-25(3,4)5)17-13-11-12-16(2)21(17)32/h11-13,18,20,32H,9-10,14-15H2,1-8H3,(H2,27,31)(H,28,35)(H,29,33). The molecule has 2 unspecified atom stereocenters. The van der Waals surface area contributed by atoms with Crippen LogP contribution in [0.15, 0.2) is 18.2 Å². The first-order valence-electron chi connectivity index (χ1n) is 12.2. The molecule has 0 aliphatic rings. The fraction of sp³-hybridized carbons (Fsp3) is 0.615. The third-order valence-corrected chi connectivity index (χ3v) is 5.05. The molecule has 10 nitrogen and oxygen atoms in total. The molecule has 5 N–H and O–H groups in total. The van der Waals surface area contributed by atoms with Crippen LogP contribution in [-0.2, 0) is 19.1 Å². The van der Waals surface area contributed by atoms with Crippen LogP contribution in [-0.4, -0.2) is 57.5 Å². The highest BCUT2D eigenvalue weighted by atomic mass is 16.6. The number of carbonyl (C=O) groups excluding carboxylic acids is 4. The zero-order valence-corrected chi connectivity index (χ0v) is 22.7. The molecular weight excluding hydrogens is 464 g/mol. The highest BCUT2D eigenvalue weighted by Crippen LogP contribution is 2.33. The predicted octanol–water partition coefficient (Wildman–Crippen LogP) is 3.05. The van der Waals surface area contributed by atoms with Gasteiger partial charge in [0.05, 0.1) is 6.42 Å². The Bertz CT molecular complexity index is 949. The molecule has 0 saturated carbocycles. The van der Waals surface area contributed by atoms with Gasteiger partial charge in [-0.05, 0) is 60.5 Å². The Morgan fingerprint density at radius 3 is 2.22 bits per heavy atom. The fourth-order valence-corrected chi connectivity index (χ4v) is 3.54. The second kappa shape index (κ2) is 12.6. The normalized spacial score (nSPS) is 13.3. The smallest absolute Gasteiger partial charge is 0.408 e. The van der Waals surface area contributed by atoms with E-state index in [2.05, 4.69) is 10.6 Å². The lowest BCUT2D eigenvalue weighted by atomic mass is 9.97. The van der Waals surface area contributed by atoms with Gasteiger partial charge in [-0.1, -0.05) is 31.5 Å². The van der Waals surface area contributed by atoms with E-state index in [4.69, 9.17) is 10.5 Å². The summed E-state index contributed by atoms with van der Waals surface area (Å²) in [6.07, 6.45) is -0.148. The Balaban J connectivity index is 3.60. The van der Waals surface area contributed by atoms with Crippen molar-refractivity contribution in [1.29, 1.82) is 0 Å². The summed E-state index contributed by atoms with van der Waals surface area (Å²) in [7, 11) is 0. The van der Waals surface area contributed by atoms with Crippen LogP contribution in [0.4, 0.5) is 4.79 Å². The van der Waals surface area contributed by atoms with Gasteiger partial charge in [0.2, 0.25) is 17.7 Å². The van der Waals surface area contributed by atoms with E-state index in [-0.39, 0.29) is 17.9 Å². The number of amides is 4. The zero-order chi connectivity index (χ0) is 27.8. The molecule has 4 amide bonds. The third-order valence-electron chi connectivity index (χ3n) is 5.05. The van der Waals surface area contributed by atoms with Crippen molar-refractivity contribution in [2.45, 2.75) is 97.9 Å². The molecule has 2 atom stereocenters. The van der Waals surface area contributed by atoms with Crippen LogP contribution in [0.3, 0.4) is 0 Å². The summed E-state index contributed by atoms with van der Waals surface area (Å²) in [5.41, 5.74) is 4.68. The first-order valence-corrected chi connectivity index (χ1v) is 12.2. The summed E-state index contributed by atoms with van der Waals surface area (Å²) in [6, 6.07) is 2.36. The van der Waals surface area contributed by atoms with Crippen LogP contribution >= 0.6 is 0 Å². The van der Waals surface area contributed by atoms with Crippen LogP contribution < -0.4 is 16.4 Å². The zero-order valence-electron chi connectivity index (χ0n) is 22.7. The van der Waals surface area contributed by atoms with E-state index < -0.39 is 53.5 Å². The molecular formula is C26H42N4O6. The first-order chi connectivity index (χ1) is 16.5. The van der Waals surface area contributed by atoms with E-state index in [0.717, 1.165) is 0 Å². The van der Waals surface area contributed by atoms with Crippen LogP contribution in [0.2, 0.25) is 0 Å². The molecule has 0 heterocycles. The molecule has 0 saturated heterocycles. The Hall–Kier alpha value is -3.30. The molecule has 0 bridgehead atoms. The number of aromatic hydroxyl groups is 1. The summed E-state index contributed by atoms with van der Waals surface area (Å²) < 4.78 is 5.26. The van der Waals surface area contributed by atoms with Crippen molar-refractivity contribution in [3.63, 3.8) is 0 Å². The van der Waals surface area contributed by atoms with Crippen molar-refractivity contribution in [2.24, 2.45) is 5.73 Å². The van der Waals surface area contributed by atoms with Crippen molar-refractivity contribution in [3.05, 3.63) is 29.3 Å². The number of benzene rings is 1. The van der Waals surface area contributed by atoms with Crippen LogP contribution in [0.25, 0.3) is 0 Å². The monoisotopic (exact) mass is 506 g/mol. The van der Waals surface area contributed by atoms with Gasteiger partial charge in [-0.3, -0.25) is 14.4 Å². The number of rotatable bonds is 10.